The number of nitrogens with two attached hydrogens (primary N) is 1. The fraction of sp³-hybridized carbons (Fsp3) is 0.278. The van der Waals surface area contributed by atoms with Crippen LogP contribution in [0, 0.1) is 12.7 Å². The van der Waals surface area contributed by atoms with Crippen LogP contribution in [0.15, 0.2) is 47.4 Å². The first-order valence-electron chi connectivity index (χ1n) is 8.21. The molecule has 2 aromatic rings. The first-order chi connectivity index (χ1) is 12.3. The number of amides is 1. The van der Waals surface area contributed by atoms with E-state index in [0.717, 1.165) is 18.9 Å². The minimum absolute atomic E-state index is 0.183. The predicted molar refractivity (Wildman–Crippen MR) is 99.0 cm³/mol. The molecule has 0 fully saturated rings. The van der Waals surface area contributed by atoms with E-state index in [4.69, 9.17) is 5.73 Å². The van der Waals surface area contributed by atoms with E-state index < -0.39 is 15.8 Å². The van der Waals surface area contributed by atoms with Gasteiger partial charge in [-0.25, -0.2) is 12.8 Å². The fourth-order valence-electron chi connectivity index (χ4n) is 2.25. The molecule has 0 saturated carbocycles. The molecule has 0 aliphatic carbocycles. The molecular formula is C18H22FN3O3S. The Morgan fingerprint density at radius 1 is 1.15 bits per heavy atom. The maximum absolute atomic E-state index is 13.6. The highest BCUT2D eigenvalue weighted by atomic mass is 32.2. The van der Waals surface area contributed by atoms with Gasteiger partial charge < -0.3 is 11.1 Å². The van der Waals surface area contributed by atoms with Crippen LogP contribution in [0.5, 0.6) is 0 Å². The standard InChI is InChI=1S/C18H22FN3O3S/c1-13-7-8-16(12-17(13)19)26(24,25)22-15-6-4-5-14(11-15)18(23)21-10-3-2-9-20/h4-8,11-12,22H,2-3,9-10,20H2,1H3,(H,21,23). The minimum Gasteiger partial charge on any atom is -0.352 e. The van der Waals surface area contributed by atoms with Gasteiger partial charge in [0.05, 0.1) is 4.90 Å². The van der Waals surface area contributed by atoms with Crippen LogP contribution >= 0.6 is 0 Å². The molecule has 0 aliphatic rings. The summed E-state index contributed by atoms with van der Waals surface area (Å²) in [6.45, 7) is 2.61. The topological polar surface area (TPSA) is 101 Å². The average molecular weight is 379 g/mol. The zero-order valence-corrected chi connectivity index (χ0v) is 15.3. The summed E-state index contributed by atoms with van der Waals surface area (Å²) >= 11 is 0. The number of rotatable bonds is 8. The number of unbranched alkanes of at least 4 members (excludes halogenated alkanes) is 1. The second-order valence-electron chi connectivity index (χ2n) is 5.85. The van der Waals surface area contributed by atoms with Gasteiger partial charge in [0.25, 0.3) is 15.9 Å². The number of carbonyl (C=O) groups excluding carboxylic acids is 1. The fourth-order valence-corrected chi connectivity index (χ4v) is 3.31. The monoisotopic (exact) mass is 379 g/mol. The van der Waals surface area contributed by atoms with Crippen molar-refractivity contribution in [1.82, 2.24) is 5.32 Å². The molecule has 0 aliphatic heterocycles. The van der Waals surface area contributed by atoms with Gasteiger partial charge in [-0.2, -0.15) is 0 Å². The molecule has 0 saturated heterocycles. The van der Waals surface area contributed by atoms with Crippen molar-refractivity contribution in [1.29, 1.82) is 0 Å². The Morgan fingerprint density at radius 2 is 1.92 bits per heavy atom. The first kappa shape index (κ1) is 19.9. The molecule has 0 heterocycles. The number of hydrogen-bond donors (Lipinski definition) is 3. The third kappa shape index (κ3) is 5.27. The highest BCUT2D eigenvalue weighted by Crippen LogP contribution is 2.19. The van der Waals surface area contributed by atoms with Crippen molar-refractivity contribution >= 4 is 21.6 Å². The highest BCUT2D eigenvalue weighted by molar-refractivity contribution is 7.92. The highest BCUT2D eigenvalue weighted by Gasteiger charge is 2.16. The van der Waals surface area contributed by atoms with Gasteiger partial charge in [-0.3, -0.25) is 9.52 Å². The third-order valence-electron chi connectivity index (χ3n) is 3.75. The summed E-state index contributed by atoms with van der Waals surface area (Å²) in [4.78, 5) is 11.9. The maximum Gasteiger partial charge on any atom is 0.261 e. The molecule has 0 aromatic heterocycles. The summed E-state index contributed by atoms with van der Waals surface area (Å²) in [6.07, 6.45) is 1.58. The zero-order valence-electron chi connectivity index (χ0n) is 14.5. The van der Waals surface area contributed by atoms with E-state index >= 15 is 0 Å². The lowest BCUT2D eigenvalue weighted by Gasteiger charge is -2.10. The second-order valence-corrected chi connectivity index (χ2v) is 7.53. The molecule has 26 heavy (non-hydrogen) atoms. The number of carbonyl (C=O) groups is 1. The van der Waals surface area contributed by atoms with Crippen LogP contribution < -0.4 is 15.8 Å². The number of nitrogens with one attached hydrogen (secondary N) is 2. The van der Waals surface area contributed by atoms with E-state index in [1.54, 1.807) is 19.1 Å². The Kier molecular flexibility index (Phi) is 6.70. The van der Waals surface area contributed by atoms with Crippen LogP contribution in [0.4, 0.5) is 10.1 Å². The summed E-state index contributed by atoms with van der Waals surface area (Å²) in [5.74, 6) is -0.900. The molecule has 1 amide bonds. The normalized spacial score (nSPS) is 11.2. The number of hydrogen-bond acceptors (Lipinski definition) is 4. The molecule has 8 heteroatoms. The summed E-state index contributed by atoms with van der Waals surface area (Å²) < 4.78 is 40.8. The van der Waals surface area contributed by atoms with Gasteiger partial charge in [0.2, 0.25) is 0 Å². The quantitative estimate of drug-likeness (QED) is 0.613. The van der Waals surface area contributed by atoms with Gasteiger partial charge in [0.15, 0.2) is 0 Å². The lowest BCUT2D eigenvalue weighted by molar-refractivity contribution is 0.0953. The lowest BCUT2D eigenvalue weighted by Crippen LogP contribution is -2.25. The van der Waals surface area contributed by atoms with E-state index in [-0.39, 0.29) is 16.5 Å². The molecule has 0 atom stereocenters. The summed E-state index contributed by atoms with van der Waals surface area (Å²) in [6, 6.07) is 9.80. The molecular weight excluding hydrogens is 357 g/mol. The van der Waals surface area contributed by atoms with E-state index in [9.17, 15) is 17.6 Å². The molecule has 4 N–H and O–H groups in total. The largest absolute Gasteiger partial charge is 0.352 e. The van der Waals surface area contributed by atoms with Crippen molar-refractivity contribution in [3.63, 3.8) is 0 Å². The van der Waals surface area contributed by atoms with Crippen molar-refractivity contribution < 1.29 is 17.6 Å². The SMILES string of the molecule is Cc1ccc(S(=O)(=O)Nc2cccc(C(=O)NCCCCN)c2)cc1F. The molecule has 0 spiro atoms. The van der Waals surface area contributed by atoms with Gasteiger partial charge in [0, 0.05) is 17.8 Å². The van der Waals surface area contributed by atoms with Crippen molar-refractivity contribution in [2.24, 2.45) is 5.73 Å². The maximum atomic E-state index is 13.6. The molecule has 2 rings (SSSR count). The third-order valence-corrected chi connectivity index (χ3v) is 5.13. The Hall–Kier alpha value is -2.45. The number of sulfonamides is 1. The Balaban J connectivity index is 2.12. The number of halogens is 1. The van der Waals surface area contributed by atoms with E-state index in [1.807, 2.05) is 0 Å². The molecule has 0 radical (unpaired) electrons. The van der Waals surface area contributed by atoms with Crippen LogP contribution in [0.2, 0.25) is 0 Å². The van der Waals surface area contributed by atoms with Gasteiger partial charge in [-0.15, -0.1) is 0 Å². The summed E-state index contributed by atoms with van der Waals surface area (Å²) in [5, 5.41) is 2.75. The number of benzene rings is 2. The van der Waals surface area contributed by atoms with Crippen LogP contribution in [0.25, 0.3) is 0 Å². The van der Waals surface area contributed by atoms with Crippen molar-refractivity contribution in [2.75, 3.05) is 17.8 Å². The van der Waals surface area contributed by atoms with Crippen LogP contribution in [0.3, 0.4) is 0 Å². The zero-order chi connectivity index (χ0) is 19.2. The molecule has 140 valence electrons. The minimum atomic E-state index is -3.95. The predicted octanol–water partition coefficient (Wildman–Crippen LogP) is 2.40. The Morgan fingerprint density at radius 3 is 2.62 bits per heavy atom. The van der Waals surface area contributed by atoms with Gasteiger partial charge in [0.1, 0.15) is 5.82 Å². The number of anilines is 1. The number of aryl methyl sites for hydroxylation is 1. The van der Waals surface area contributed by atoms with E-state index in [2.05, 4.69) is 10.0 Å². The lowest BCUT2D eigenvalue weighted by atomic mass is 10.2. The Bertz CT molecular complexity index is 885. The molecule has 0 bridgehead atoms. The average Bonchev–Trinajstić information content (AvgIpc) is 2.60. The molecule has 6 nitrogen and oxygen atoms in total. The van der Waals surface area contributed by atoms with Crippen LogP contribution in [0.1, 0.15) is 28.8 Å². The van der Waals surface area contributed by atoms with Crippen molar-refractivity contribution in [2.45, 2.75) is 24.7 Å². The smallest absolute Gasteiger partial charge is 0.261 e. The summed E-state index contributed by atoms with van der Waals surface area (Å²) in [7, 11) is -3.95. The van der Waals surface area contributed by atoms with Gasteiger partial charge >= 0.3 is 0 Å². The van der Waals surface area contributed by atoms with Crippen LogP contribution in [-0.2, 0) is 10.0 Å². The second kappa shape index (κ2) is 8.77. The summed E-state index contributed by atoms with van der Waals surface area (Å²) in [5.41, 5.74) is 6.31. The van der Waals surface area contributed by atoms with Gasteiger partial charge in [-0.05, 0) is 62.2 Å². The van der Waals surface area contributed by atoms with E-state index in [1.165, 1.54) is 24.3 Å². The van der Waals surface area contributed by atoms with E-state index in [0.29, 0.717) is 24.2 Å². The molecule has 2 aromatic carbocycles. The van der Waals surface area contributed by atoms with Crippen LogP contribution in [-0.4, -0.2) is 27.4 Å². The van der Waals surface area contributed by atoms with Gasteiger partial charge in [-0.1, -0.05) is 12.1 Å². The molecule has 0 unspecified atom stereocenters. The Labute approximate surface area is 152 Å². The van der Waals surface area contributed by atoms with Crippen molar-refractivity contribution in [3.05, 3.63) is 59.4 Å². The van der Waals surface area contributed by atoms with Crippen molar-refractivity contribution in [3.8, 4) is 0 Å². The first-order valence-corrected chi connectivity index (χ1v) is 9.69.